The van der Waals surface area contributed by atoms with Crippen molar-refractivity contribution < 1.29 is 4.79 Å². The molecule has 3 nitrogen and oxygen atoms in total. The third-order valence-electron chi connectivity index (χ3n) is 2.87. The number of piperazine rings is 1. The number of rotatable bonds is 2. The summed E-state index contributed by atoms with van der Waals surface area (Å²) in [5.74, 6) is 0.0563. The molecule has 14 heavy (non-hydrogen) atoms. The first-order valence-corrected chi connectivity index (χ1v) is 5.27. The highest BCUT2D eigenvalue weighted by atomic mass is 16.2. The van der Waals surface area contributed by atoms with Gasteiger partial charge in [-0.2, -0.15) is 0 Å². The number of hydrogen-bond acceptors (Lipinski definition) is 2. The summed E-state index contributed by atoms with van der Waals surface area (Å²) in [4.78, 5) is 15.9. The van der Waals surface area contributed by atoms with E-state index in [1.165, 1.54) is 6.08 Å². The molecular formula is C11H20N2O. The molecule has 0 aliphatic carbocycles. The van der Waals surface area contributed by atoms with Crippen LogP contribution in [0.3, 0.4) is 0 Å². The molecule has 0 aromatic carbocycles. The molecule has 0 spiro atoms. The maximum absolute atomic E-state index is 11.6. The molecule has 0 aromatic rings. The van der Waals surface area contributed by atoms with E-state index >= 15 is 0 Å². The van der Waals surface area contributed by atoms with E-state index in [2.05, 4.69) is 32.3 Å². The van der Waals surface area contributed by atoms with E-state index in [0.717, 1.165) is 19.6 Å². The quantitative estimate of drug-likeness (QED) is 0.618. The highest BCUT2D eigenvalue weighted by Crippen LogP contribution is 2.15. The van der Waals surface area contributed by atoms with E-state index in [1.54, 1.807) is 0 Å². The van der Waals surface area contributed by atoms with Crippen LogP contribution in [0.5, 0.6) is 0 Å². The summed E-state index contributed by atoms with van der Waals surface area (Å²) in [6.45, 7) is 12.9. The fraction of sp³-hybridized carbons (Fsp3) is 0.727. The fourth-order valence-corrected chi connectivity index (χ4v) is 2.23. The van der Waals surface area contributed by atoms with Crippen LogP contribution >= 0.6 is 0 Å². The normalized spacial score (nSPS) is 28.9. The molecule has 0 bridgehead atoms. The number of hydrogen-bond donors (Lipinski definition) is 0. The average molecular weight is 196 g/mol. The Hall–Kier alpha value is -0.830. The number of carbonyl (C=O) groups excluding carboxylic acids is 1. The Morgan fingerprint density at radius 3 is 2.29 bits per heavy atom. The van der Waals surface area contributed by atoms with Crippen LogP contribution in [0.25, 0.3) is 0 Å². The summed E-state index contributed by atoms with van der Waals surface area (Å²) < 4.78 is 0. The minimum Gasteiger partial charge on any atom is -0.331 e. The molecule has 1 aliphatic heterocycles. The summed E-state index contributed by atoms with van der Waals surface area (Å²) in [7, 11) is 0. The SMILES string of the molecule is C=CC(=O)N1C(C)CN(CC)CC1C. The number of amides is 1. The topological polar surface area (TPSA) is 23.6 Å². The zero-order valence-electron chi connectivity index (χ0n) is 9.36. The van der Waals surface area contributed by atoms with Gasteiger partial charge in [0.2, 0.25) is 5.91 Å². The summed E-state index contributed by atoms with van der Waals surface area (Å²) in [5.41, 5.74) is 0. The molecule has 1 saturated heterocycles. The maximum atomic E-state index is 11.6. The van der Waals surface area contributed by atoms with Crippen LogP contribution in [0.2, 0.25) is 0 Å². The minimum atomic E-state index is 0.0563. The van der Waals surface area contributed by atoms with Crippen LogP contribution in [-0.4, -0.2) is 47.4 Å². The molecule has 0 saturated carbocycles. The van der Waals surface area contributed by atoms with E-state index in [4.69, 9.17) is 0 Å². The zero-order valence-corrected chi connectivity index (χ0v) is 9.36. The van der Waals surface area contributed by atoms with Gasteiger partial charge in [-0.1, -0.05) is 13.5 Å². The lowest BCUT2D eigenvalue weighted by Gasteiger charge is -2.43. The van der Waals surface area contributed by atoms with E-state index in [0.29, 0.717) is 12.1 Å². The van der Waals surface area contributed by atoms with Gasteiger partial charge in [0.05, 0.1) is 0 Å². The van der Waals surface area contributed by atoms with E-state index < -0.39 is 0 Å². The second-order valence-corrected chi connectivity index (χ2v) is 4.00. The van der Waals surface area contributed by atoms with Crippen molar-refractivity contribution in [3.63, 3.8) is 0 Å². The molecular weight excluding hydrogens is 176 g/mol. The largest absolute Gasteiger partial charge is 0.331 e. The molecule has 1 amide bonds. The van der Waals surface area contributed by atoms with Gasteiger partial charge in [0.15, 0.2) is 0 Å². The zero-order chi connectivity index (χ0) is 10.7. The molecule has 80 valence electrons. The van der Waals surface area contributed by atoms with E-state index in [-0.39, 0.29) is 5.91 Å². The summed E-state index contributed by atoms with van der Waals surface area (Å²) in [6.07, 6.45) is 1.41. The van der Waals surface area contributed by atoms with Crippen molar-refractivity contribution in [3.8, 4) is 0 Å². The van der Waals surface area contributed by atoms with Crippen LogP contribution in [0.4, 0.5) is 0 Å². The first kappa shape index (κ1) is 11.2. The second-order valence-electron chi connectivity index (χ2n) is 4.00. The minimum absolute atomic E-state index is 0.0563. The van der Waals surface area contributed by atoms with Crippen LogP contribution in [0, 0.1) is 0 Å². The standard InChI is InChI=1S/C11H20N2O/c1-5-11(14)13-9(3)7-12(6-2)8-10(13)4/h5,9-10H,1,6-8H2,2-4H3. The van der Waals surface area contributed by atoms with Crippen molar-refractivity contribution in [1.82, 2.24) is 9.80 Å². The number of likely N-dealkylation sites (N-methyl/N-ethyl adjacent to an activating group) is 1. The second kappa shape index (κ2) is 4.60. The first-order chi connectivity index (χ1) is 6.60. The van der Waals surface area contributed by atoms with Crippen LogP contribution < -0.4 is 0 Å². The van der Waals surface area contributed by atoms with Crippen LogP contribution in [-0.2, 0) is 4.79 Å². The molecule has 1 aliphatic rings. The highest BCUT2D eigenvalue weighted by Gasteiger charge is 2.30. The van der Waals surface area contributed by atoms with Crippen LogP contribution in [0.15, 0.2) is 12.7 Å². The van der Waals surface area contributed by atoms with Crippen molar-refractivity contribution in [2.45, 2.75) is 32.9 Å². The van der Waals surface area contributed by atoms with Gasteiger partial charge < -0.3 is 4.90 Å². The Bertz CT molecular complexity index is 215. The summed E-state index contributed by atoms with van der Waals surface area (Å²) in [5, 5.41) is 0. The van der Waals surface area contributed by atoms with Crippen molar-refractivity contribution in [2.24, 2.45) is 0 Å². The fourth-order valence-electron chi connectivity index (χ4n) is 2.23. The van der Waals surface area contributed by atoms with Crippen LogP contribution in [0.1, 0.15) is 20.8 Å². The lowest BCUT2D eigenvalue weighted by molar-refractivity contribution is -0.133. The van der Waals surface area contributed by atoms with E-state index in [1.807, 2.05) is 4.90 Å². The Balaban J connectivity index is 2.69. The van der Waals surface area contributed by atoms with Gasteiger partial charge in [0.25, 0.3) is 0 Å². The molecule has 0 aromatic heterocycles. The smallest absolute Gasteiger partial charge is 0.246 e. The predicted molar refractivity (Wildman–Crippen MR) is 58.1 cm³/mol. The summed E-state index contributed by atoms with van der Waals surface area (Å²) in [6, 6.07) is 0.591. The molecule has 1 heterocycles. The number of nitrogens with zero attached hydrogens (tertiary/aromatic N) is 2. The lowest BCUT2D eigenvalue weighted by Crippen LogP contribution is -2.58. The molecule has 3 heteroatoms. The molecule has 2 unspecified atom stereocenters. The van der Waals surface area contributed by atoms with Crippen molar-refractivity contribution >= 4 is 5.91 Å². The Kier molecular flexibility index (Phi) is 3.69. The average Bonchev–Trinajstić information content (AvgIpc) is 2.16. The maximum Gasteiger partial charge on any atom is 0.246 e. The van der Waals surface area contributed by atoms with Gasteiger partial charge in [-0.05, 0) is 26.5 Å². The summed E-state index contributed by atoms with van der Waals surface area (Å²) >= 11 is 0. The lowest BCUT2D eigenvalue weighted by atomic mass is 10.1. The monoisotopic (exact) mass is 196 g/mol. The highest BCUT2D eigenvalue weighted by molar-refractivity contribution is 5.87. The molecule has 0 N–H and O–H groups in total. The number of carbonyl (C=O) groups is 1. The molecule has 1 fully saturated rings. The Morgan fingerprint density at radius 2 is 1.93 bits per heavy atom. The van der Waals surface area contributed by atoms with Gasteiger partial charge in [0, 0.05) is 25.2 Å². The van der Waals surface area contributed by atoms with Gasteiger partial charge in [0.1, 0.15) is 0 Å². The first-order valence-electron chi connectivity index (χ1n) is 5.27. The third kappa shape index (κ3) is 2.15. The van der Waals surface area contributed by atoms with Gasteiger partial charge in [-0.25, -0.2) is 0 Å². The van der Waals surface area contributed by atoms with Crippen molar-refractivity contribution in [3.05, 3.63) is 12.7 Å². The molecule has 2 atom stereocenters. The molecule has 1 rings (SSSR count). The van der Waals surface area contributed by atoms with Crippen molar-refractivity contribution in [1.29, 1.82) is 0 Å². The predicted octanol–water partition coefficient (Wildman–Crippen LogP) is 1.11. The Labute approximate surface area is 86.4 Å². The van der Waals surface area contributed by atoms with Gasteiger partial charge >= 0.3 is 0 Å². The van der Waals surface area contributed by atoms with Crippen molar-refractivity contribution in [2.75, 3.05) is 19.6 Å². The molecule has 0 radical (unpaired) electrons. The van der Waals surface area contributed by atoms with Gasteiger partial charge in [-0.3, -0.25) is 9.69 Å². The van der Waals surface area contributed by atoms with Gasteiger partial charge in [-0.15, -0.1) is 0 Å². The third-order valence-corrected chi connectivity index (χ3v) is 2.87. The van der Waals surface area contributed by atoms with E-state index in [9.17, 15) is 4.79 Å². The Morgan fingerprint density at radius 1 is 1.43 bits per heavy atom.